The number of nitrogens with two attached hydrogens (primary N) is 2. The van der Waals surface area contributed by atoms with E-state index in [1.165, 1.54) is 11.8 Å². The van der Waals surface area contributed by atoms with E-state index >= 15 is 0 Å². The Morgan fingerprint density at radius 2 is 1.40 bits per heavy atom. The van der Waals surface area contributed by atoms with Crippen LogP contribution in [0, 0.1) is 0 Å². The number of carboxylic acid groups (broad SMARTS) is 1. The van der Waals surface area contributed by atoms with E-state index in [0.29, 0.717) is 5.75 Å². The van der Waals surface area contributed by atoms with Crippen LogP contribution in [-0.4, -0.2) is 94.3 Å². The smallest absolute Gasteiger partial charge is 0.326 e. The Hall–Kier alpha value is -2.42. The van der Waals surface area contributed by atoms with Crippen molar-refractivity contribution in [3.05, 3.63) is 0 Å². The number of nitrogens with one attached hydrogen (secondary N) is 3. The highest BCUT2D eigenvalue weighted by Crippen LogP contribution is 2.04. The lowest BCUT2D eigenvalue weighted by Crippen LogP contribution is -2.58. The second kappa shape index (κ2) is 14.5. The van der Waals surface area contributed by atoms with Gasteiger partial charge in [0.2, 0.25) is 23.6 Å². The van der Waals surface area contributed by atoms with Crippen LogP contribution in [0.4, 0.5) is 0 Å². The van der Waals surface area contributed by atoms with Crippen molar-refractivity contribution >= 4 is 41.4 Å². The highest BCUT2D eigenvalue weighted by Gasteiger charge is 2.30. The van der Waals surface area contributed by atoms with Gasteiger partial charge in [0.15, 0.2) is 0 Å². The standard InChI is InChI=1S/C16H29N5O8S/c1-30-5-4-10(16(28)29)20-14(26)9(2-3-12(18)24)19-15(27)11(7-23)21-13(25)8(17)6-22/h8-11,22-23H,2-7,17H2,1H3,(H2,18,24)(H,19,27)(H,20,26)(H,21,25)(H,28,29). The average molecular weight is 452 g/mol. The zero-order valence-electron chi connectivity index (χ0n) is 16.5. The monoisotopic (exact) mass is 451 g/mol. The van der Waals surface area contributed by atoms with E-state index in [-0.39, 0.29) is 19.3 Å². The van der Waals surface area contributed by atoms with Gasteiger partial charge in [-0.3, -0.25) is 19.2 Å². The summed E-state index contributed by atoms with van der Waals surface area (Å²) in [5, 5.41) is 34.1. The minimum absolute atomic E-state index is 0.132. The molecule has 0 fully saturated rings. The summed E-state index contributed by atoms with van der Waals surface area (Å²) in [6.07, 6.45) is 1.38. The number of primary amides is 1. The summed E-state index contributed by atoms with van der Waals surface area (Å²) in [5.74, 6) is -4.31. The highest BCUT2D eigenvalue weighted by atomic mass is 32.2. The van der Waals surface area contributed by atoms with Gasteiger partial charge in [-0.15, -0.1) is 0 Å². The third-order valence-corrected chi connectivity index (χ3v) is 4.53. The number of amides is 4. The molecule has 0 aromatic heterocycles. The summed E-state index contributed by atoms with van der Waals surface area (Å²) in [5.41, 5.74) is 10.4. The largest absolute Gasteiger partial charge is 0.480 e. The average Bonchev–Trinajstić information content (AvgIpc) is 2.70. The number of aliphatic hydroxyl groups excluding tert-OH is 2. The Morgan fingerprint density at radius 1 is 0.867 bits per heavy atom. The van der Waals surface area contributed by atoms with E-state index in [4.69, 9.17) is 16.6 Å². The molecule has 13 nitrogen and oxygen atoms in total. The summed E-state index contributed by atoms with van der Waals surface area (Å²) in [6.45, 7) is -1.53. The van der Waals surface area contributed by atoms with Gasteiger partial charge in [-0.1, -0.05) is 0 Å². The van der Waals surface area contributed by atoms with Crippen LogP contribution in [0.25, 0.3) is 0 Å². The molecule has 0 bridgehead atoms. The summed E-state index contributed by atoms with van der Waals surface area (Å²) in [4.78, 5) is 59.0. The number of rotatable bonds is 15. The van der Waals surface area contributed by atoms with Crippen LogP contribution < -0.4 is 27.4 Å². The van der Waals surface area contributed by atoms with Crippen molar-refractivity contribution < 1.29 is 39.3 Å². The first-order valence-corrected chi connectivity index (χ1v) is 10.3. The van der Waals surface area contributed by atoms with Gasteiger partial charge in [-0.25, -0.2) is 4.79 Å². The van der Waals surface area contributed by atoms with Gasteiger partial charge < -0.3 is 42.7 Å². The molecule has 4 unspecified atom stereocenters. The molecule has 0 aliphatic rings. The molecule has 0 aliphatic carbocycles. The van der Waals surface area contributed by atoms with Crippen molar-refractivity contribution in [3.63, 3.8) is 0 Å². The van der Waals surface area contributed by atoms with Crippen LogP contribution in [0.15, 0.2) is 0 Å². The lowest BCUT2D eigenvalue weighted by molar-refractivity contribution is -0.142. The lowest BCUT2D eigenvalue weighted by atomic mass is 10.1. The number of carbonyl (C=O) groups excluding carboxylic acids is 4. The van der Waals surface area contributed by atoms with Crippen LogP contribution >= 0.6 is 11.8 Å². The molecule has 4 atom stereocenters. The fraction of sp³-hybridized carbons (Fsp3) is 0.688. The van der Waals surface area contributed by atoms with Gasteiger partial charge in [0.1, 0.15) is 24.2 Å². The number of carboxylic acids is 1. The van der Waals surface area contributed by atoms with E-state index in [1.54, 1.807) is 6.26 Å². The second-order valence-corrected chi connectivity index (χ2v) is 7.27. The maximum absolute atomic E-state index is 12.5. The van der Waals surface area contributed by atoms with Crippen LogP contribution in [0.5, 0.6) is 0 Å². The Morgan fingerprint density at radius 3 is 1.87 bits per heavy atom. The molecule has 0 heterocycles. The van der Waals surface area contributed by atoms with Gasteiger partial charge in [0, 0.05) is 6.42 Å². The number of hydrogen-bond acceptors (Lipinski definition) is 9. The third-order valence-electron chi connectivity index (χ3n) is 3.89. The zero-order valence-corrected chi connectivity index (χ0v) is 17.3. The second-order valence-electron chi connectivity index (χ2n) is 6.28. The number of aliphatic hydroxyl groups is 2. The van der Waals surface area contributed by atoms with Gasteiger partial charge >= 0.3 is 5.97 Å². The molecule has 0 aliphatic heterocycles. The van der Waals surface area contributed by atoms with Gasteiger partial charge in [0.05, 0.1) is 13.2 Å². The van der Waals surface area contributed by atoms with Gasteiger partial charge in [0.25, 0.3) is 0 Å². The van der Waals surface area contributed by atoms with Crippen LogP contribution in [-0.2, 0) is 24.0 Å². The fourth-order valence-corrected chi connectivity index (χ4v) is 2.62. The van der Waals surface area contributed by atoms with Gasteiger partial charge in [-0.05, 0) is 24.9 Å². The quantitative estimate of drug-likeness (QED) is 0.120. The minimum atomic E-state index is -1.49. The molecule has 0 saturated heterocycles. The topological polar surface area (TPSA) is 234 Å². The van der Waals surface area contributed by atoms with E-state index in [2.05, 4.69) is 16.0 Å². The molecule has 0 aromatic rings. The molecular weight excluding hydrogens is 422 g/mol. The maximum atomic E-state index is 12.5. The molecular formula is C16H29N5O8S. The molecule has 0 spiro atoms. The third kappa shape index (κ3) is 10.4. The predicted octanol–water partition coefficient (Wildman–Crippen LogP) is -4.14. The molecule has 172 valence electrons. The highest BCUT2D eigenvalue weighted by molar-refractivity contribution is 7.98. The summed E-state index contributed by atoms with van der Waals surface area (Å²) in [6, 6.07) is -5.38. The van der Waals surface area contributed by atoms with E-state index in [9.17, 15) is 34.2 Å². The molecule has 0 radical (unpaired) electrons. The van der Waals surface area contributed by atoms with E-state index < -0.39 is 67.0 Å². The molecule has 10 N–H and O–H groups in total. The molecule has 0 rings (SSSR count). The first-order valence-electron chi connectivity index (χ1n) is 8.95. The maximum Gasteiger partial charge on any atom is 0.326 e. The first-order chi connectivity index (χ1) is 14.1. The minimum Gasteiger partial charge on any atom is -0.480 e. The van der Waals surface area contributed by atoms with E-state index in [1.807, 2.05) is 0 Å². The molecule has 0 saturated carbocycles. The van der Waals surface area contributed by atoms with Crippen molar-refractivity contribution in [2.24, 2.45) is 11.5 Å². The Labute approximate surface area is 177 Å². The van der Waals surface area contributed by atoms with Crippen molar-refractivity contribution in [2.45, 2.75) is 43.4 Å². The lowest BCUT2D eigenvalue weighted by Gasteiger charge is -2.24. The Balaban J connectivity index is 5.27. The number of hydrogen-bond donors (Lipinski definition) is 8. The van der Waals surface area contributed by atoms with Gasteiger partial charge in [-0.2, -0.15) is 11.8 Å². The Kier molecular flexibility index (Phi) is 13.4. The molecule has 14 heteroatoms. The predicted molar refractivity (Wildman–Crippen MR) is 107 cm³/mol. The van der Waals surface area contributed by atoms with Crippen molar-refractivity contribution in [3.8, 4) is 0 Å². The summed E-state index contributed by atoms with van der Waals surface area (Å²) >= 11 is 1.38. The number of aliphatic carboxylic acids is 1. The van der Waals surface area contributed by atoms with Crippen LogP contribution in [0.1, 0.15) is 19.3 Å². The van der Waals surface area contributed by atoms with Crippen molar-refractivity contribution in [1.82, 2.24) is 16.0 Å². The first kappa shape index (κ1) is 27.6. The molecule has 0 aromatic carbocycles. The SMILES string of the molecule is CSCCC(NC(=O)C(CCC(N)=O)NC(=O)C(CO)NC(=O)C(N)CO)C(=O)O. The fourth-order valence-electron chi connectivity index (χ4n) is 2.15. The summed E-state index contributed by atoms with van der Waals surface area (Å²) in [7, 11) is 0. The number of carbonyl (C=O) groups is 5. The van der Waals surface area contributed by atoms with Crippen LogP contribution in [0.2, 0.25) is 0 Å². The normalized spacial score (nSPS) is 14.7. The van der Waals surface area contributed by atoms with Crippen LogP contribution in [0.3, 0.4) is 0 Å². The van der Waals surface area contributed by atoms with Crippen molar-refractivity contribution in [2.75, 3.05) is 25.2 Å². The summed E-state index contributed by atoms with van der Waals surface area (Å²) < 4.78 is 0. The van der Waals surface area contributed by atoms with E-state index in [0.717, 1.165) is 0 Å². The van der Waals surface area contributed by atoms with Crippen molar-refractivity contribution in [1.29, 1.82) is 0 Å². The Bertz CT molecular complexity index is 620. The zero-order chi connectivity index (χ0) is 23.3. The molecule has 4 amide bonds. The number of thioether (sulfide) groups is 1. The molecule has 30 heavy (non-hydrogen) atoms.